The summed E-state index contributed by atoms with van der Waals surface area (Å²) in [5.74, 6) is 1.67. The number of hydrogen-bond donors (Lipinski definition) is 1. The Kier molecular flexibility index (Phi) is 4.61. The van der Waals surface area contributed by atoms with Crippen LogP contribution < -0.4 is 5.32 Å². The molecule has 1 N–H and O–H groups in total. The number of rotatable bonds is 5. The SMILES string of the molecule is Fc1ccc(F)c(CN2CCC(Nc3ccnc(C4CC4)n3)CC2)c1. The normalized spacial score (nSPS) is 19.1. The molecule has 2 aliphatic rings. The van der Waals surface area contributed by atoms with Crippen LogP contribution in [-0.4, -0.2) is 34.0 Å². The van der Waals surface area contributed by atoms with Gasteiger partial charge in [-0.3, -0.25) is 4.90 Å². The summed E-state index contributed by atoms with van der Waals surface area (Å²) in [5, 5.41) is 3.50. The highest BCUT2D eigenvalue weighted by molar-refractivity contribution is 5.35. The van der Waals surface area contributed by atoms with E-state index in [-0.39, 0.29) is 11.6 Å². The van der Waals surface area contributed by atoms with Crippen LogP contribution in [0.1, 0.15) is 43.0 Å². The van der Waals surface area contributed by atoms with Gasteiger partial charge in [-0.15, -0.1) is 0 Å². The first-order valence-corrected chi connectivity index (χ1v) is 8.93. The molecule has 0 amide bonds. The quantitative estimate of drug-likeness (QED) is 0.898. The average molecular weight is 344 g/mol. The molecule has 1 aromatic heterocycles. The Hall–Kier alpha value is -2.08. The smallest absolute Gasteiger partial charge is 0.133 e. The van der Waals surface area contributed by atoms with Gasteiger partial charge in [0.05, 0.1) is 0 Å². The standard InChI is InChI=1S/C19H22F2N4/c20-15-3-4-17(21)14(11-15)12-25-9-6-16(7-10-25)23-18-5-8-22-19(24-18)13-1-2-13/h3-5,8,11,13,16H,1-2,6-7,9-10,12H2,(H,22,23,24). The van der Waals surface area contributed by atoms with Crippen LogP contribution in [0.3, 0.4) is 0 Å². The van der Waals surface area contributed by atoms with E-state index in [1.165, 1.54) is 25.0 Å². The van der Waals surface area contributed by atoms with Gasteiger partial charge < -0.3 is 5.32 Å². The van der Waals surface area contributed by atoms with Crippen molar-refractivity contribution in [3.05, 3.63) is 53.5 Å². The first kappa shape index (κ1) is 16.4. The maximum Gasteiger partial charge on any atom is 0.133 e. The number of halogens is 2. The van der Waals surface area contributed by atoms with Gasteiger partial charge >= 0.3 is 0 Å². The molecule has 4 nitrogen and oxygen atoms in total. The predicted molar refractivity (Wildman–Crippen MR) is 92.3 cm³/mol. The van der Waals surface area contributed by atoms with E-state index in [1.807, 2.05) is 12.3 Å². The van der Waals surface area contributed by atoms with Crippen molar-refractivity contribution in [3.63, 3.8) is 0 Å². The van der Waals surface area contributed by atoms with Gasteiger partial charge in [0.25, 0.3) is 0 Å². The summed E-state index contributed by atoms with van der Waals surface area (Å²) in [6, 6.07) is 5.92. The van der Waals surface area contributed by atoms with E-state index in [4.69, 9.17) is 0 Å². The average Bonchev–Trinajstić information content (AvgIpc) is 3.45. The number of aromatic nitrogens is 2. The first-order chi connectivity index (χ1) is 12.2. The van der Waals surface area contributed by atoms with Crippen LogP contribution >= 0.6 is 0 Å². The highest BCUT2D eigenvalue weighted by Crippen LogP contribution is 2.38. The Labute approximate surface area is 146 Å². The fraction of sp³-hybridized carbons (Fsp3) is 0.474. The minimum Gasteiger partial charge on any atom is -0.367 e. The van der Waals surface area contributed by atoms with Crippen molar-refractivity contribution >= 4 is 5.82 Å². The Morgan fingerprint density at radius 3 is 2.64 bits per heavy atom. The van der Waals surface area contributed by atoms with Crippen molar-refractivity contribution in [1.29, 1.82) is 0 Å². The van der Waals surface area contributed by atoms with E-state index in [0.717, 1.165) is 43.6 Å². The number of piperidine rings is 1. The molecular weight excluding hydrogens is 322 g/mol. The van der Waals surface area contributed by atoms with Crippen LogP contribution in [0.25, 0.3) is 0 Å². The molecule has 25 heavy (non-hydrogen) atoms. The molecule has 1 saturated carbocycles. The summed E-state index contributed by atoms with van der Waals surface area (Å²) in [6.45, 7) is 2.16. The zero-order valence-corrected chi connectivity index (χ0v) is 14.1. The van der Waals surface area contributed by atoms with Gasteiger partial charge in [-0.05, 0) is 49.9 Å². The summed E-state index contributed by atoms with van der Waals surface area (Å²) >= 11 is 0. The highest BCUT2D eigenvalue weighted by Gasteiger charge is 2.27. The van der Waals surface area contributed by atoms with Gasteiger partial charge in [0.15, 0.2) is 0 Å². The Bertz CT molecular complexity index is 740. The number of likely N-dealkylation sites (tertiary alicyclic amines) is 1. The topological polar surface area (TPSA) is 41.0 Å². The molecule has 6 heteroatoms. The lowest BCUT2D eigenvalue weighted by Gasteiger charge is -2.32. The minimum atomic E-state index is -0.386. The second-order valence-corrected chi connectivity index (χ2v) is 7.00. The summed E-state index contributed by atoms with van der Waals surface area (Å²) in [4.78, 5) is 11.1. The van der Waals surface area contributed by atoms with E-state index in [9.17, 15) is 8.78 Å². The van der Waals surface area contributed by atoms with E-state index < -0.39 is 0 Å². The van der Waals surface area contributed by atoms with Crippen molar-refractivity contribution in [1.82, 2.24) is 14.9 Å². The molecule has 1 aromatic carbocycles. The zero-order chi connectivity index (χ0) is 17.2. The number of nitrogens with one attached hydrogen (secondary N) is 1. The van der Waals surface area contributed by atoms with Gasteiger partial charge in [-0.1, -0.05) is 0 Å². The lowest BCUT2D eigenvalue weighted by Crippen LogP contribution is -2.39. The third-order valence-electron chi connectivity index (χ3n) is 4.96. The van der Waals surface area contributed by atoms with Crippen LogP contribution in [-0.2, 0) is 6.54 Å². The monoisotopic (exact) mass is 344 g/mol. The van der Waals surface area contributed by atoms with E-state index in [1.54, 1.807) is 0 Å². The van der Waals surface area contributed by atoms with E-state index in [2.05, 4.69) is 20.2 Å². The number of anilines is 1. The van der Waals surface area contributed by atoms with Gasteiger partial charge in [-0.25, -0.2) is 18.7 Å². The summed E-state index contributed by atoms with van der Waals surface area (Å²) in [5.41, 5.74) is 0.427. The van der Waals surface area contributed by atoms with Gasteiger partial charge in [0.1, 0.15) is 23.3 Å². The van der Waals surface area contributed by atoms with Crippen molar-refractivity contribution in [2.24, 2.45) is 0 Å². The summed E-state index contributed by atoms with van der Waals surface area (Å²) in [6.07, 6.45) is 6.13. The maximum atomic E-state index is 13.8. The van der Waals surface area contributed by atoms with Crippen molar-refractivity contribution in [3.8, 4) is 0 Å². The third-order valence-corrected chi connectivity index (χ3v) is 4.96. The van der Waals surface area contributed by atoms with Crippen molar-refractivity contribution in [2.45, 2.75) is 44.2 Å². The Balaban J connectivity index is 1.31. The molecule has 0 radical (unpaired) electrons. The second-order valence-electron chi connectivity index (χ2n) is 7.00. The molecule has 4 rings (SSSR count). The summed E-state index contributed by atoms with van der Waals surface area (Å²) in [7, 11) is 0. The minimum absolute atomic E-state index is 0.338. The fourth-order valence-electron chi connectivity index (χ4n) is 3.34. The molecule has 0 atom stereocenters. The lowest BCUT2D eigenvalue weighted by molar-refractivity contribution is 0.208. The Morgan fingerprint density at radius 2 is 1.88 bits per heavy atom. The van der Waals surface area contributed by atoms with Crippen molar-refractivity contribution in [2.75, 3.05) is 18.4 Å². The van der Waals surface area contributed by atoms with E-state index in [0.29, 0.717) is 24.1 Å². The van der Waals surface area contributed by atoms with Crippen LogP contribution in [0.2, 0.25) is 0 Å². The van der Waals surface area contributed by atoms with Crippen LogP contribution in [0.5, 0.6) is 0 Å². The number of nitrogens with zero attached hydrogens (tertiary/aromatic N) is 3. The van der Waals surface area contributed by atoms with Gasteiger partial charge in [0, 0.05) is 43.4 Å². The molecule has 1 saturated heterocycles. The molecule has 0 unspecified atom stereocenters. The van der Waals surface area contributed by atoms with Crippen LogP contribution in [0.15, 0.2) is 30.5 Å². The third kappa shape index (κ3) is 4.12. The largest absolute Gasteiger partial charge is 0.367 e. The fourth-order valence-corrected chi connectivity index (χ4v) is 3.34. The molecule has 0 spiro atoms. The van der Waals surface area contributed by atoms with E-state index >= 15 is 0 Å². The molecule has 2 heterocycles. The van der Waals surface area contributed by atoms with Crippen molar-refractivity contribution < 1.29 is 8.78 Å². The molecule has 2 fully saturated rings. The van der Waals surface area contributed by atoms with Gasteiger partial charge in [-0.2, -0.15) is 0 Å². The first-order valence-electron chi connectivity index (χ1n) is 8.93. The molecule has 1 aliphatic heterocycles. The highest BCUT2D eigenvalue weighted by atomic mass is 19.1. The molecular formula is C19H22F2N4. The number of hydrogen-bond acceptors (Lipinski definition) is 4. The number of benzene rings is 1. The summed E-state index contributed by atoms with van der Waals surface area (Å²) < 4.78 is 27.1. The van der Waals surface area contributed by atoms with Gasteiger partial charge in [0.2, 0.25) is 0 Å². The van der Waals surface area contributed by atoms with Crippen LogP contribution in [0.4, 0.5) is 14.6 Å². The van der Waals surface area contributed by atoms with Crippen LogP contribution in [0, 0.1) is 11.6 Å². The molecule has 132 valence electrons. The lowest BCUT2D eigenvalue weighted by atomic mass is 10.0. The zero-order valence-electron chi connectivity index (χ0n) is 14.1. The molecule has 2 aromatic rings. The predicted octanol–water partition coefficient (Wildman–Crippen LogP) is 3.71. The second kappa shape index (κ2) is 7.04. The molecule has 0 bridgehead atoms. The maximum absolute atomic E-state index is 13.8. The Morgan fingerprint density at radius 1 is 1.08 bits per heavy atom. The molecule has 1 aliphatic carbocycles.